The maximum Gasteiger partial charge on any atom is 0.294 e. The summed E-state index contributed by atoms with van der Waals surface area (Å²) in [6.45, 7) is 0. The van der Waals surface area contributed by atoms with Crippen LogP contribution in [0.2, 0.25) is 0 Å². The third kappa shape index (κ3) is 1.99. The van der Waals surface area contributed by atoms with Gasteiger partial charge in [-0.1, -0.05) is 28.1 Å². The van der Waals surface area contributed by atoms with E-state index in [4.69, 9.17) is 0 Å². The smallest absolute Gasteiger partial charge is 0.274 e. The quantitative estimate of drug-likeness (QED) is 0.343. The van der Waals surface area contributed by atoms with Crippen LogP contribution in [0.1, 0.15) is 12.8 Å². The Kier molecular flexibility index (Phi) is 3.16. The van der Waals surface area contributed by atoms with Crippen LogP contribution in [-0.2, 0) is 9.59 Å². The van der Waals surface area contributed by atoms with Crippen molar-refractivity contribution < 1.29 is 14.5 Å². The molecule has 4 atom stereocenters. The number of allylic oxidation sites excluding steroid dienone is 2. The highest BCUT2D eigenvalue weighted by Crippen LogP contribution is 2.51. The largest absolute Gasteiger partial charge is 0.294 e. The van der Waals surface area contributed by atoms with Crippen LogP contribution in [0.3, 0.4) is 0 Å². The molecule has 118 valence electrons. The van der Waals surface area contributed by atoms with E-state index in [1.165, 1.54) is 12.1 Å². The summed E-state index contributed by atoms with van der Waals surface area (Å²) in [5, 5.41) is 11.3. The van der Waals surface area contributed by atoms with E-state index in [1.807, 2.05) is 12.2 Å². The zero-order valence-electron chi connectivity index (χ0n) is 12.0. The van der Waals surface area contributed by atoms with Gasteiger partial charge in [0.2, 0.25) is 11.8 Å². The summed E-state index contributed by atoms with van der Waals surface area (Å²) in [6.07, 6.45) is 5.86. The highest BCUT2D eigenvalue weighted by molar-refractivity contribution is 9.10. The fourth-order valence-corrected chi connectivity index (χ4v) is 4.49. The predicted octanol–water partition coefficient (Wildman–Crippen LogP) is 3.06. The Morgan fingerprint density at radius 2 is 1.65 bits per heavy atom. The fourth-order valence-electron chi connectivity index (χ4n) is 4.14. The molecule has 1 saturated heterocycles. The van der Waals surface area contributed by atoms with E-state index in [-0.39, 0.29) is 46.9 Å². The van der Waals surface area contributed by atoms with Gasteiger partial charge in [-0.3, -0.25) is 19.7 Å². The number of carbonyl (C=O) groups is 2. The summed E-state index contributed by atoms with van der Waals surface area (Å²) in [7, 11) is 0. The molecule has 3 aliphatic carbocycles. The van der Waals surface area contributed by atoms with Crippen LogP contribution in [0, 0.1) is 33.8 Å². The van der Waals surface area contributed by atoms with E-state index in [2.05, 4.69) is 15.9 Å². The average Bonchev–Trinajstić information content (AvgIpc) is 2.82. The van der Waals surface area contributed by atoms with Crippen molar-refractivity contribution in [3.63, 3.8) is 0 Å². The number of fused-ring (bicyclic) bond motifs is 1. The zero-order valence-corrected chi connectivity index (χ0v) is 13.6. The number of imide groups is 1. The highest BCUT2D eigenvalue weighted by atomic mass is 79.9. The van der Waals surface area contributed by atoms with Crippen LogP contribution in [0.15, 0.2) is 34.8 Å². The first-order valence-electron chi connectivity index (χ1n) is 7.49. The minimum atomic E-state index is -0.560. The molecule has 23 heavy (non-hydrogen) atoms. The number of benzene rings is 1. The Morgan fingerprint density at radius 3 is 2.13 bits per heavy atom. The normalized spacial score (nSPS) is 31.6. The summed E-state index contributed by atoms with van der Waals surface area (Å²) in [6, 6.07) is 4.40. The maximum atomic E-state index is 12.8. The standard InChI is InChI=1S/C16H13BrN2O4/c17-10-5-6-11(12(7-10)19(22)23)18-15(20)13-8-1-2-9(4-3-8)14(13)16(18)21/h1-2,5-9,13-14H,3-4H2/t8-,9-,13-,14+/m0/s1. The van der Waals surface area contributed by atoms with Crippen LogP contribution < -0.4 is 4.90 Å². The van der Waals surface area contributed by atoms with Crippen LogP contribution >= 0.6 is 15.9 Å². The highest BCUT2D eigenvalue weighted by Gasteiger charge is 2.57. The minimum Gasteiger partial charge on any atom is -0.274 e. The number of rotatable bonds is 2. The first kappa shape index (κ1) is 14.6. The van der Waals surface area contributed by atoms with Gasteiger partial charge in [-0.25, -0.2) is 4.90 Å². The molecular formula is C16H13BrN2O4. The molecule has 6 nitrogen and oxygen atoms in total. The van der Waals surface area contributed by atoms with Crippen molar-refractivity contribution in [1.82, 2.24) is 0 Å². The van der Waals surface area contributed by atoms with Crippen LogP contribution in [-0.4, -0.2) is 16.7 Å². The monoisotopic (exact) mass is 376 g/mol. The van der Waals surface area contributed by atoms with Gasteiger partial charge in [-0.05, 0) is 36.8 Å². The number of hydrogen-bond donors (Lipinski definition) is 0. The number of nitro groups is 1. The fraction of sp³-hybridized carbons (Fsp3) is 0.375. The number of amides is 2. The number of anilines is 1. The molecule has 2 bridgehead atoms. The lowest BCUT2D eigenvalue weighted by molar-refractivity contribution is -0.384. The molecule has 2 fully saturated rings. The van der Waals surface area contributed by atoms with Crippen molar-refractivity contribution >= 4 is 39.1 Å². The summed E-state index contributed by atoms with van der Waals surface area (Å²) in [5.74, 6) is -1.19. The zero-order chi connectivity index (χ0) is 16.3. The molecule has 7 heteroatoms. The average molecular weight is 377 g/mol. The number of halogens is 1. The summed E-state index contributed by atoms with van der Waals surface area (Å²) < 4.78 is 0.534. The van der Waals surface area contributed by atoms with Gasteiger partial charge in [0.05, 0.1) is 16.8 Å². The molecule has 0 spiro atoms. The van der Waals surface area contributed by atoms with Gasteiger partial charge in [0.25, 0.3) is 5.69 Å². The molecule has 1 aromatic rings. The van der Waals surface area contributed by atoms with Crippen molar-refractivity contribution in [1.29, 1.82) is 0 Å². The van der Waals surface area contributed by atoms with E-state index in [1.54, 1.807) is 6.07 Å². The second kappa shape index (κ2) is 4.99. The number of nitro benzene ring substituents is 1. The summed E-state index contributed by atoms with van der Waals surface area (Å²) in [4.78, 5) is 37.5. The Labute approximate surface area is 140 Å². The molecule has 0 N–H and O–H groups in total. The Hall–Kier alpha value is -2.02. The molecule has 1 aliphatic heterocycles. The third-order valence-corrected chi connectivity index (χ3v) is 5.63. The van der Waals surface area contributed by atoms with Gasteiger partial charge in [-0.15, -0.1) is 0 Å². The Bertz CT molecular complexity index is 743. The molecule has 0 aromatic heterocycles. The number of nitrogens with zero attached hydrogens (tertiary/aromatic N) is 2. The summed E-state index contributed by atoms with van der Waals surface area (Å²) >= 11 is 3.19. The molecule has 2 amide bonds. The molecule has 0 radical (unpaired) electrons. The molecule has 5 rings (SSSR count). The van der Waals surface area contributed by atoms with Gasteiger partial charge < -0.3 is 0 Å². The van der Waals surface area contributed by atoms with Gasteiger partial charge in [0, 0.05) is 10.5 Å². The third-order valence-electron chi connectivity index (χ3n) is 5.13. The topological polar surface area (TPSA) is 80.5 Å². The van der Waals surface area contributed by atoms with Gasteiger partial charge in [-0.2, -0.15) is 0 Å². The van der Waals surface area contributed by atoms with E-state index >= 15 is 0 Å². The second-order valence-electron chi connectivity index (χ2n) is 6.24. The van der Waals surface area contributed by atoms with E-state index in [0.717, 1.165) is 17.7 Å². The lowest BCUT2D eigenvalue weighted by Gasteiger charge is -2.38. The SMILES string of the molecule is O=C1[C@@H]2[C@H](C(=O)N1c1ccc(Br)cc1[N+](=O)[O-])[C@H]1C=C[C@H]2CC1. The lowest BCUT2D eigenvalue weighted by Crippen LogP contribution is -2.38. The number of hydrogen-bond acceptors (Lipinski definition) is 4. The Balaban J connectivity index is 1.81. The number of carbonyl (C=O) groups excluding carboxylic acids is 2. The van der Waals surface area contributed by atoms with E-state index in [0.29, 0.717) is 4.47 Å². The van der Waals surface area contributed by atoms with Crippen LogP contribution in [0.25, 0.3) is 0 Å². The van der Waals surface area contributed by atoms with Gasteiger partial charge in [0.15, 0.2) is 0 Å². The summed E-state index contributed by atoms with van der Waals surface area (Å²) in [5.41, 5.74) is -0.165. The first-order valence-corrected chi connectivity index (χ1v) is 8.28. The van der Waals surface area contributed by atoms with Crippen molar-refractivity contribution in [2.24, 2.45) is 23.7 Å². The van der Waals surface area contributed by atoms with Crippen molar-refractivity contribution in [2.75, 3.05) is 4.90 Å². The van der Waals surface area contributed by atoms with Gasteiger partial charge in [0.1, 0.15) is 5.69 Å². The van der Waals surface area contributed by atoms with E-state index < -0.39 is 4.92 Å². The minimum absolute atomic E-state index is 0.0703. The molecule has 1 aromatic carbocycles. The Morgan fingerprint density at radius 1 is 1.09 bits per heavy atom. The van der Waals surface area contributed by atoms with Crippen molar-refractivity contribution in [3.8, 4) is 0 Å². The second-order valence-corrected chi connectivity index (χ2v) is 7.16. The molecule has 0 unspecified atom stereocenters. The van der Waals surface area contributed by atoms with Crippen LogP contribution in [0.4, 0.5) is 11.4 Å². The molecular weight excluding hydrogens is 364 g/mol. The van der Waals surface area contributed by atoms with Gasteiger partial charge >= 0.3 is 0 Å². The van der Waals surface area contributed by atoms with E-state index in [9.17, 15) is 19.7 Å². The van der Waals surface area contributed by atoms with Crippen LogP contribution in [0.5, 0.6) is 0 Å². The molecule has 1 heterocycles. The van der Waals surface area contributed by atoms with Crippen molar-refractivity contribution in [3.05, 3.63) is 44.9 Å². The predicted molar refractivity (Wildman–Crippen MR) is 85.6 cm³/mol. The molecule has 4 aliphatic rings. The lowest BCUT2D eigenvalue weighted by atomic mass is 9.63. The molecule has 1 saturated carbocycles. The maximum absolute atomic E-state index is 12.8. The van der Waals surface area contributed by atoms with Crippen molar-refractivity contribution in [2.45, 2.75) is 12.8 Å². The first-order chi connectivity index (χ1) is 11.0.